The molecular weight excluding hydrogens is 192 g/mol. The molecule has 0 heterocycles. The van der Waals surface area contributed by atoms with Crippen LogP contribution in [0.3, 0.4) is 0 Å². The molecule has 0 spiro atoms. The molecule has 0 aliphatic rings. The molecule has 82 valence electrons. The summed E-state index contributed by atoms with van der Waals surface area (Å²) in [5, 5.41) is 5.39. The summed E-state index contributed by atoms with van der Waals surface area (Å²) in [7, 11) is 1.58. The number of aryl methyl sites for hydroxylation is 1. The fraction of sp³-hybridized carbons (Fsp3) is 0.364. The Labute approximate surface area is 89.6 Å². The average molecular weight is 208 g/mol. The van der Waals surface area contributed by atoms with Gasteiger partial charge in [-0.15, -0.1) is 0 Å². The van der Waals surface area contributed by atoms with Crippen LogP contribution in [0.1, 0.15) is 12.5 Å². The van der Waals surface area contributed by atoms with Crippen molar-refractivity contribution in [1.29, 1.82) is 0 Å². The third kappa shape index (κ3) is 3.16. The number of urea groups is 1. The first-order valence-corrected chi connectivity index (χ1v) is 4.87. The van der Waals surface area contributed by atoms with Gasteiger partial charge in [-0.3, -0.25) is 0 Å². The Hall–Kier alpha value is -1.71. The highest BCUT2D eigenvalue weighted by Gasteiger charge is 2.06. The van der Waals surface area contributed by atoms with E-state index in [9.17, 15) is 4.79 Å². The molecule has 0 aliphatic carbocycles. The Morgan fingerprint density at radius 1 is 1.47 bits per heavy atom. The molecule has 1 rings (SSSR count). The SMILES string of the molecule is CCNC(=O)Nc1cc(C)ccc1OC. The Morgan fingerprint density at radius 2 is 2.20 bits per heavy atom. The Balaban J connectivity index is 2.82. The van der Waals surface area contributed by atoms with Gasteiger partial charge in [0.15, 0.2) is 0 Å². The molecule has 4 heteroatoms. The molecule has 0 atom stereocenters. The zero-order chi connectivity index (χ0) is 11.3. The Kier molecular flexibility index (Phi) is 3.97. The van der Waals surface area contributed by atoms with E-state index in [0.29, 0.717) is 18.0 Å². The minimum Gasteiger partial charge on any atom is -0.495 e. The number of benzene rings is 1. The number of anilines is 1. The van der Waals surface area contributed by atoms with Crippen LogP contribution in [0.5, 0.6) is 5.75 Å². The van der Waals surface area contributed by atoms with Gasteiger partial charge in [0.25, 0.3) is 0 Å². The number of amides is 2. The van der Waals surface area contributed by atoms with E-state index in [1.807, 2.05) is 32.0 Å². The predicted molar refractivity (Wildman–Crippen MR) is 60.4 cm³/mol. The van der Waals surface area contributed by atoms with Crippen LogP contribution < -0.4 is 15.4 Å². The molecule has 0 radical (unpaired) electrons. The summed E-state index contributed by atoms with van der Waals surface area (Å²) in [5.74, 6) is 0.659. The van der Waals surface area contributed by atoms with Gasteiger partial charge in [-0.1, -0.05) is 6.07 Å². The molecule has 0 fully saturated rings. The minimum absolute atomic E-state index is 0.221. The van der Waals surface area contributed by atoms with Gasteiger partial charge in [0, 0.05) is 6.54 Å². The summed E-state index contributed by atoms with van der Waals surface area (Å²) in [5.41, 5.74) is 1.76. The van der Waals surface area contributed by atoms with Crippen molar-refractivity contribution in [2.75, 3.05) is 19.0 Å². The summed E-state index contributed by atoms with van der Waals surface area (Å²) in [6, 6.07) is 5.41. The maximum absolute atomic E-state index is 11.3. The molecule has 0 unspecified atom stereocenters. The van der Waals surface area contributed by atoms with Crippen molar-refractivity contribution in [3.05, 3.63) is 23.8 Å². The Bertz CT molecular complexity index is 350. The number of methoxy groups -OCH3 is 1. The molecule has 0 aliphatic heterocycles. The van der Waals surface area contributed by atoms with E-state index in [0.717, 1.165) is 5.56 Å². The lowest BCUT2D eigenvalue weighted by Gasteiger charge is -2.11. The summed E-state index contributed by atoms with van der Waals surface area (Å²) < 4.78 is 5.14. The zero-order valence-electron chi connectivity index (χ0n) is 9.26. The highest BCUT2D eigenvalue weighted by atomic mass is 16.5. The molecule has 1 aromatic rings. The molecule has 0 saturated carbocycles. The van der Waals surface area contributed by atoms with Crippen molar-refractivity contribution < 1.29 is 9.53 Å². The second-order valence-corrected chi connectivity index (χ2v) is 3.19. The number of ether oxygens (including phenoxy) is 1. The molecule has 15 heavy (non-hydrogen) atoms. The topological polar surface area (TPSA) is 50.4 Å². The van der Waals surface area contributed by atoms with Crippen LogP contribution in [-0.2, 0) is 0 Å². The number of nitrogens with one attached hydrogen (secondary N) is 2. The van der Waals surface area contributed by atoms with E-state index in [-0.39, 0.29) is 6.03 Å². The van der Waals surface area contributed by atoms with Crippen molar-refractivity contribution in [2.24, 2.45) is 0 Å². The van der Waals surface area contributed by atoms with Gasteiger partial charge in [0.1, 0.15) is 5.75 Å². The first-order valence-electron chi connectivity index (χ1n) is 4.87. The molecule has 0 bridgehead atoms. The van der Waals surface area contributed by atoms with Gasteiger partial charge in [-0.2, -0.15) is 0 Å². The standard InChI is InChI=1S/C11H16N2O2/c1-4-12-11(14)13-9-7-8(2)5-6-10(9)15-3/h5-7H,4H2,1-3H3,(H2,12,13,14). The van der Waals surface area contributed by atoms with Crippen LogP contribution in [0.25, 0.3) is 0 Å². The fourth-order valence-electron chi connectivity index (χ4n) is 1.25. The molecule has 2 amide bonds. The van der Waals surface area contributed by atoms with Gasteiger partial charge in [0.05, 0.1) is 12.8 Å². The van der Waals surface area contributed by atoms with Crippen molar-refractivity contribution in [2.45, 2.75) is 13.8 Å². The molecule has 0 saturated heterocycles. The summed E-state index contributed by atoms with van der Waals surface area (Å²) in [4.78, 5) is 11.3. The van der Waals surface area contributed by atoms with Gasteiger partial charge in [0.2, 0.25) is 0 Å². The third-order valence-corrected chi connectivity index (χ3v) is 1.94. The summed E-state index contributed by atoms with van der Waals surface area (Å²) >= 11 is 0. The first kappa shape index (κ1) is 11.4. The lowest BCUT2D eigenvalue weighted by Crippen LogP contribution is -2.28. The molecular formula is C11H16N2O2. The van der Waals surface area contributed by atoms with Gasteiger partial charge in [-0.25, -0.2) is 4.79 Å². The average Bonchev–Trinajstić information content (AvgIpc) is 2.18. The smallest absolute Gasteiger partial charge is 0.319 e. The lowest BCUT2D eigenvalue weighted by atomic mass is 10.2. The first-order chi connectivity index (χ1) is 7.17. The monoisotopic (exact) mass is 208 g/mol. The van der Waals surface area contributed by atoms with Crippen LogP contribution in [0, 0.1) is 6.92 Å². The third-order valence-electron chi connectivity index (χ3n) is 1.94. The number of rotatable bonds is 3. The molecule has 1 aromatic carbocycles. The Morgan fingerprint density at radius 3 is 2.80 bits per heavy atom. The van der Waals surface area contributed by atoms with Crippen LogP contribution in [0.15, 0.2) is 18.2 Å². The zero-order valence-corrected chi connectivity index (χ0v) is 9.26. The maximum atomic E-state index is 11.3. The molecule has 2 N–H and O–H groups in total. The summed E-state index contributed by atoms with van der Waals surface area (Å²) in [6.45, 7) is 4.43. The van der Waals surface area contributed by atoms with E-state index in [1.54, 1.807) is 7.11 Å². The fourth-order valence-corrected chi connectivity index (χ4v) is 1.25. The highest BCUT2D eigenvalue weighted by molar-refractivity contribution is 5.91. The normalized spacial score (nSPS) is 9.53. The maximum Gasteiger partial charge on any atom is 0.319 e. The highest BCUT2D eigenvalue weighted by Crippen LogP contribution is 2.24. The quantitative estimate of drug-likeness (QED) is 0.799. The van der Waals surface area contributed by atoms with Crippen molar-refractivity contribution in [3.8, 4) is 5.75 Å². The second kappa shape index (κ2) is 5.24. The summed E-state index contributed by atoms with van der Waals surface area (Å²) in [6.07, 6.45) is 0. The lowest BCUT2D eigenvalue weighted by molar-refractivity contribution is 0.252. The number of hydrogen-bond acceptors (Lipinski definition) is 2. The van der Waals surface area contributed by atoms with Crippen molar-refractivity contribution in [3.63, 3.8) is 0 Å². The minimum atomic E-state index is -0.221. The van der Waals surface area contributed by atoms with Gasteiger partial charge < -0.3 is 15.4 Å². The second-order valence-electron chi connectivity index (χ2n) is 3.19. The van der Waals surface area contributed by atoms with Crippen LogP contribution in [-0.4, -0.2) is 19.7 Å². The van der Waals surface area contributed by atoms with Crippen molar-refractivity contribution in [1.82, 2.24) is 5.32 Å². The van der Waals surface area contributed by atoms with Crippen LogP contribution >= 0.6 is 0 Å². The number of carbonyl (C=O) groups excluding carboxylic acids is 1. The van der Waals surface area contributed by atoms with E-state index in [1.165, 1.54) is 0 Å². The molecule has 4 nitrogen and oxygen atoms in total. The van der Waals surface area contributed by atoms with Crippen molar-refractivity contribution >= 4 is 11.7 Å². The largest absolute Gasteiger partial charge is 0.495 e. The van der Waals surface area contributed by atoms with E-state index in [2.05, 4.69) is 10.6 Å². The van der Waals surface area contributed by atoms with Gasteiger partial charge in [-0.05, 0) is 31.5 Å². The van der Waals surface area contributed by atoms with Gasteiger partial charge >= 0.3 is 6.03 Å². The number of carbonyl (C=O) groups is 1. The van der Waals surface area contributed by atoms with Crippen LogP contribution in [0.4, 0.5) is 10.5 Å². The van der Waals surface area contributed by atoms with E-state index < -0.39 is 0 Å². The van der Waals surface area contributed by atoms with E-state index >= 15 is 0 Å². The predicted octanol–water partition coefficient (Wildman–Crippen LogP) is 2.15. The van der Waals surface area contributed by atoms with E-state index in [4.69, 9.17) is 4.74 Å². The molecule has 0 aromatic heterocycles. The van der Waals surface area contributed by atoms with Crippen LogP contribution in [0.2, 0.25) is 0 Å². The number of hydrogen-bond donors (Lipinski definition) is 2.